The SMILES string of the molecule is CCCOc1ccccc1C(NN)c1cc(Cl)sc1Cl. The van der Waals surface area contributed by atoms with E-state index >= 15 is 0 Å². The van der Waals surface area contributed by atoms with Gasteiger partial charge in [-0.3, -0.25) is 5.84 Å². The third-order valence-electron chi connectivity index (χ3n) is 2.85. The molecule has 0 aliphatic rings. The molecule has 0 fully saturated rings. The molecule has 3 N–H and O–H groups in total. The van der Waals surface area contributed by atoms with Crippen molar-refractivity contribution in [1.82, 2.24) is 5.43 Å². The van der Waals surface area contributed by atoms with Gasteiger partial charge in [0.1, 0.15) is 5.75 Å². The van der Waals surface area contributed by atoms with Crippen molar-refractivity contribution in [2.24, 2.45) is 5.84 Å². The van der Waals surface area contributed by atoms with Crippen LogP contribution in [0.2, 0.25) is 8.67 Å². The average molecular weight is 331 g/mol. The van der Waals surface area contributed by atoms with Crippen molar-refractivity contribution in [3.05, 3.63) is 50.1 Å². The molecule has 1 aromatic heterocycles. The Hall–Kier alpha value is -0.780. The number of hydrogen-bond donors (Lipinski definition) is 2. The van der Waals surface area contributed by atoms with E-state index < -0.39 is 0 Å². The highest BCUT2D eigenvalue weighted by molar-refractivity contribution is 7.20. The van der Waals surface area contributed by atoms with Crippen LogP contribution in [-0.4, -0.2) is 6.61 Å². The molecule has 6 heteroatoms. The Kier molecular flexibility index (Phi) is 5.69. The Morgan fingerprint density at radius 1 is 1.30 bits per heavy atom. The summed E-state index contributed by atoms with van der Waals surface area (Å²) in [6.45, 7) is 2.73. The summed E-state index contributed by atoms with van der Waals surface area (Å²) in [5.41, 5.74) is 4.59. The molecule has 2 rings (SSSR count). The minimum absolute atomic E-state index is 0.251. The largest absolute Gasteiger partial charge is 0.493 e. The van der Waals surface area contributed by atoms with Crippen molar-refractivity contribution in [2.45, 2.75) is 19.4 Å². The maximum Gasteiger partial charge on any atom is 0.124 e. The van der Waals surface area contributed by atoms with Crippen molar-refractivity contribution in [3.63, 3.8) is 0 Å². The molecule has 0 amide bonds. The lowest BCUT2D eigenvalue weighted by Gasteiger charge is -2.19. The Morgan fingerprint density at radius 3 is 2.65 bits per heavy atom. The molecular formula is C14H16Cl2N2OS. The molecule has 0 aliphatic carbocycles. The molecule has 1 unspecified atom stereocenters. The smallest absolute Gasteiger partial charge is 0.124 e. The number of hydrogen-bond acceptors (Lipinski definition) is 4. The van der Waals surface area contributed by atoms with Gasteiger partial charge in [0.2, 0.25) is 0 Å². The number of rotatable bonds is 6. The van der Waals surface area contributed by atoms with E-state index in [1.807, 2.05) is 30.3 Å². The van der Waals surface area contributed by atoms with Crippen LogP contribution in [0.15, 0.2) is 30.3 Å². The maximum absolute atomic E-state index is 6.22. The van der Waals surface area contributed by atoms with Gasteiger partial charge in [-0.2, -0.15) is 0 Å². The molecule has 108 valence electrons. The Morgan fingerprint density at radius 2 is 2.05 bits per heavy atom. The van der Waals surface area contributed by atoms with Crippen LogP contribution in [0.5, 0.6) is 5.75 Å². The topological polar surface area (TPSA) is 47.3 Å². The first kappa shape index (κ1) is 15.6. The quantitative estimate of drug-likeness (QED) is 0.609. The first-order valence-corrected chi connectivity index (χ1v) is 7.87. The lowest BCUT2D eigenvalue weighted by molar-refractivity contribution is 0.312. The van der Waals surface area contributed by atoms with Gasteiger partial charge in [0.15, 0.2) is 0 Å². The zero-order chi connectivity index (χ0) is 14.5. The zero-order valence-electron chi connectivity index (χ0n) is 11.0. The van der Waals surface area contributed by atoms with E-state index in [9.17, 15) is 0 Å². The lowest BCUT2D eigenvalue weighted by Crippen LogP contribution is -2.29. The van der Waals surface area contributed by atoms with Crippen molar-refractivity contribution < 1.29 is 4.74 Å². The minimum Gasteiger partial charge on any atom is -0.493 e. The summed E-state index contributed by atoms with van der Waals surface area (Å²) in [6.07, 6.45) is 0.945. The molecule has 0 saturated carbocycles. The molecule has 0 aliphatic heterocycles. The van der Waals surface area contributed by atoms with E-state index in [1.54, 1.807) is 0 Å². The molecule has 20 heavy (non-hydrogen) atoms. The number of thiophene rings is 1. The fourth-order valence-electron chi connectivity index (χ4n) is 1.96. The highest BCUT2D eigenvalue weighted by Crippen LogP contribution is 2.39. The number of ether oxygens (including phenoxy) is 1. The monoisotopic (exact) mass is 330 g/mol. The second kappa shape index (κ2) is 7.29. The van der Waals surface area contributed by atoms with Crippen molar-refractivity contribution in [2.75, 3.05) is 6.61 Å². The Labute approximate surface area is 132 Å². The van der Waals surface area contributed by atoms with Crippen LogP contribution in [-0.2, 0) is 0 Å². The molecule has 0 saturated heterocycles. The molecule has 1 aromatic carbocycles. The minimum atomic E-state index is -0.251. The predicted octanol–water partition coefficient (Wildman–Crippen LogP) is 4.40. The van der Waals surface area contributed by atoms with Crippen molar-refractivity contribution >= 4 is 34.5 Å². The first-order valence-electron chi connectivity index (χ1n) is 6.30. The molecule has 2 aromatic rings. The average Bonchev–Trinajstić information content (AvgIpc) is 2.77. The molecule has 1 atom stereocenters. The second-order valence-electron chi connectivity index (χ2n) is 4.27. The number of nitrogens with two attached hydrogens (primary N) is 1. The summed E-state index contributed by atoms with van der Waals surface area (Å²) < 4.78 is 7.03. The molecular weight excluding hydrogens is 315 g/mol. The fourth-order valence-corrected chi connectivity index (χ4v) is 3.49. The zero-order valence-corrected chi connectivity index (χ0v) is 13.4. The fraction of sp³-hybridized carbons (Fsp3) is 0.286. The van der Waals surface area contributed by atoms with Crippen LogP contribution in [0, 0.1) is 0 Å². The van der Waals surface area contributed by atoms with Gasteiger partial charge in [0.25, 0.3) is 0 Å². The van der Waals surface area contributed by atoms with Crippen molar-refractivity contribution in [1.29, 1.82) is 0 Å². The Balaban J connectivity index is 2.39. The van der Waals surface area contributed by atoms with E-state index in [1.165, 1.54) is 11.3 Å². The third-order valence-corrected chi connectivity index (χ3v) is 4.37. The van der Waals surface area contributed by atoms with Gasteiger partial charge in [-0.05, 0) is 18.6 Å². The number of halogens is 2. The number of benzene rings is 1. The number of hydrazine groups is 1. The summed E-state index contributed by atoms with van der Waals surface area (Å²) in [5, 5.41) is 0. The summed E-state index contributed by atoms with van der Waals surface area (Å²) in [4.78, 5) is 0. The number of nitrogens with one attached hydrogen (secondary N) is 1. The van der Waals surface area contributed by atoms with Gasteiger partial charge in [-0.25, -0.2) is 5.43 Å². The molecule has 3 nitrogen and oxygen atoms in total. The van der Waals surface area contributed by atoms with Crippen LogP contribution in [0.1, 0.15) is 30.5 Å². The van der Waals surface area contributed by atoms with Crippen LogP contribution in [0.4, 0.5) is 0 Å². The highest BCUT2D eigenvalue weighted by Gasteiger charge is 2.21. The summed E-state index contributed by atoms with van der Waals surface area (Å²) in [6, 6.07) is 9.36. The molecule has 0 radical (unpaired) electrons. The molecule has 0 spiro atoms. The van der Waals surface area contributed by atoms with Crippen LogP contribution in [0.3, 0.4) is 0 Å². The molecule has 0 bridgehead atoms. The van der Waals surface area contributed by atoms with Gasteiger partial charge in [-0.15, -0.1) is 11.3 Å². The van der Waals surface area contributed by atoms with E-state index in [0.29, 0.717) is 15.3 Å². The van der Waals surface area contributed by atoms with Gasteiger partial charge in [0.05, 0.1) is 21.3 Å². The lowest BCUT2D eigenvalue weighted by atomic mass is 10.0. The standard InChI is InChI=1S/C14H16Cl2N2OS/c1-2-7-19-11-6-4-3-5-9(11)13(18-17)10-8-12(15)20-14(10)16/h3-6,8,13,18H,2,7,17H2,1H3. The molecule has 1 heterocycles. The maximum atomic E-state index is 6.22. The van der Waals surface area contributed by atoms with Crippen molar-refractivity contribution in [3.8, 4) is 5.75 Å². The van der Waals surface area contributed by atoms with Gasteiger partial charge >= 0.3 is 0 Å². The Bertz CT molecular complexity index is 574. The van der Waals surface area contributed by atoms with E-state index in [0.717, 1.165) is 23.3 Å². The normalized spacial score (nSPS) is 12.4. The summed E-state index contributed by atoms with van der Waals surface area (Å²) in [7, 11) is 0. The van der Waals surface area contributed by atoms with Crippen LogP contribution >= 0.6 is 34.5 Å². The first-order chi connectivity index (χ1) is 9.67. The van der Waals surface area contributed by atoms with E-state index in [-0.39, 0.29) is 6.04 Å². The third kappa shape index (κ3) is 3.45. The van der Waals surface area contributed by atoms with E-state index in [2.05, 4.69) is 12.3 Å². The van der Waals surface area contributed by atoms with E-state index in [4.69, 9.17) is 33.8 Å². The number of para-hydroxylation sites is 1. The van der Waals surface area contributed by atoms with Gasteiger partial charge < -0.3 is 4.74 Å². The van der Waals surface area contributed by atoms with Gasteiger partial charge in [-0.1, -0.05) is 48.3 Å². The predicted molar refractivity (Wildman–Crippen MR) is 85.7 cm³/mol. The highest BCUT2D eigenvalue weighted by atomic mass is 35.5. The van der Waals surface area contributed by atoms with Crippen LogP contribution in [0.25, 0.3) is 0 Å². The summed E-state index contributed by atoms with van der Waals surface area (Å²) in [5.74, 6) is 6.51. The summed E-state index contributed by atoms with van der Waals surface area (Å²) >= 11 is 13.6. The second-order valence-corrected chi connectivity index (χ2v) is 6.55. The van der Waals surface area contributed by atoms with Gasteiger partial charge in [0, 0.05) is 11.1 Å². The van der Waals surface area contributed by atoms with Crippen LogP contribution < -0.4 is 16.0 Å².